The molecule has 0 bridgehead atoms. The Morgan fingerprint density at radius 2 is 0.836 bits per heavy atom. The summed E-state index contributed by atoms with van der Waals surface area (Å²) in [6.07, 6.45) is 0. The van der Waals surface area contributed by atoms with Gasteiger partial charge in [-0.3, -0.25) is 5.41 Å². The summed E-state index contributed by atoms with van der Waals surface area (Å²) in [6, 6.07) is 70.4. The average molecular weight is 705 g/mol. The quantitative estimate of drug-likeness (QED) is 0.155. The third-order valence-corrected chi connectivity index (χ3v) is 9.95. The fourth-order valence-corrected chi connectivity index (χ4v) is 7.27. The second-order valence-corrected chi connectivity index (χ2v) is 13.4. The van der Waals surface area contributed by atoms with Gasteiger partial charge in [-0.05, 0) is 28.3 Å². The molecule has 0 atom stereocenters. The van der Waals surface area contributed by atoms with Crippen molar-refractivity contribution in [2.75, 3.05) is 0 Å². The summed E-state index contributed by atoms with van der Waals surface area (Å²) in [6.45, 7) is 0. The molecule has 0 radical (unpaired) electrons. The Kier molecular flexibility index (Phi) is 9.05. The lowest BCUT2D eigenvalue weighted by Gasteiger charge is -2.30. The van der Waals surface area contributed by atoms with Crippen molar-refractivity contribution in [3.05, 3.63) is 240 Å². The first-order valence-corrected chi connectivity index (χ1v) is 18.4. The van der Waals surface area contributed by atoms with E-state index in [0.29, 0.717) is 11.5 Å². The highest BCUT2D eigenvalue weighted by Gasteiger charge is 2.28. The molecule has 8 aromatic rings. The van der Waals surface area contributed by atoms with E-state index in [1.54, 1.807) is 0 Å². The molecule has 0 fully saturated rings. The molecular formula is C51H36N4. The van der Waals surface area contributed by atoms with Crippen LogP contribution in [0.3, 0.4) is 0 Å². The second-order valence-electron chi connectivity index (χ2n) is 13.4. The van der Waals surface area contributed by atoms with Crippen molar-refractivity contribution in [2.24, 2.45) is 0 Å². The van der Waals surface area contributed by atoms with Crippen LogP contribution in [0.15, 0.2) is 206 Å². The van der Waals surface area contributed by atoms with Gasteiger partial charge in [0.15, 0.2) is 5.82 Å². The molecule has 2 heterocycles. The Morgan fingerprint density at radius 1 is 0.400 bits per heavy atom. The first kappa shape index (κ1) is 33.4. The van der Waals surface area contributed by atoms with Crippen LogP contribution in [0.1, 0.15) is 33.4 Å². The van der Waals surface area contributed by atoms with Gasteiger partial charge in [0.25, 0.3) is 0 Å². The molecule has 4 heteroatoms. The topological polar surface area (TPSA) is 61.7 Å². The molecule has 1 aliphatic rings. The zero-order valence-electron chi connectivity index (χ0n) is 30.0. The maximum absolute atomic E-state index is 9.61. The van der Waals surface area contributed by atoms with Crippen molar-refractivity contribution < 1.29 is 0 Å². The number of nitrogens with zero attached hydrogens (tertiary/aromatic N) is 2. The lowest BCUT2D eigenvalue weighted by atomic mass is 9.82. The van der Waals surface area contributed by atoms with Crippen LogP contribution in [0.2, 0.25) is 0 Å². The van der Waals surface area contributed by atoms with Crippen molar-refractivity contribution in [1.82, 2.24) is 15.3 Å². The molecule has 0 saturated carbocycles. The molecule has 2 N–H and O–H groups in total. The monoisotopic (exact) mass is 704 g/mol. The van der Waals surface area contributed by atoms with Gasteiger partial charge >= 0.3 is 0 Å². The first-order valence-electron chi connectivity index (χ1n) is 18.4. The van der Waals surface area contributed by atoms with Gasteiger partial charge in [0.05, 0.1) is 28.5 Å². The summed E-state index contributed by atoms with van der Waals surface area (Å²) in [5, 5.41) is 13.5. The van der Waals surface area contributed by atoms with Gasteiger partial charge in [-0.25, -0.2) is 9.97 Å². The number of allylic oxidation sites excluding steroid dienone is 1. The van der Waals surface area contributed by atoms with Crippen molar-refractivity contribution in [3.8, 4) is 33.9 Å². The number of nitrogens with one attached hydrogen (secondary N) is 2. The summed E-state index contributed by atoms with van der Waals surface area (Å²) in [7, 11) is 0. The SMILES string of the molecule is N=C(/C(=C1\NC(c2ccccc2)=C(c2ccc(-c3cc(-c4ccccc4)nc(-c4ccccc4)n3)cc2)c2ccccc21)c1ccccc1)c1ccccc1. The highest BCUT2D eigenvalue weighted by molar-refractivity contribution is 6.36. The van der Waals surface area contributed by atoms with Crippen LogP contribution in [0.5, 0.6) is 0 Å². The normalized spacial score (nSPS) is 13.1. The third-order valence-electron chi connectivity index (χ3n) is 9.95. The van der Waals surface area contributed by atoms with E-state index < -0.39 is 0 Å². The average Bonchev–Trinajstić information content (AvgIpc) is 3.28. The summed E-state index contributed by atoms with van der Waals surface area (Å²) in [5.74, 6) is 0.690. The van der Waals surface area contributed by atoms with Crippen LogP contribution in [0.25, 0.3) is 56.4 Å². The van der Waals surface area contributed by atoms with E-state index in [1.165, 1.54) is 0 Å². The van der Waals surface area contributed by atoms with Crippen LogP contribution < -0.4 is 5.32 Å². The first-order chi connectivity index (χ1) is 27.2. The molecule has 0 spiro atoms. The van der Waals surface area contributed by atoms with E-state index in [9.17, 15) is 5.41 Å². The highest BCUT2D eigenvalue weighted by Crippen LogP contribution is 2.43. The smallest absolute Gasteiger partial charge is 0.160 e. The molecule has 1 aliphatic heterocycles. The van der Waals surface area contributed by atoms with Gasteiger partial charge in [0.1, 0.15) is 0 Å². The molecule has 1 aromatic heterocycles. The molecule has 4 nitrogen and oxygen atoms in total. The van der Waals surface area contributed by atoms with Crippen molar-refractivity contribution in [2.45, 2.75) is 0 Å². The minimum Gasteiger partial charge on any atom is -0.353 e. The summed E-state index contributed by atoms with van der Waals surface area (Å²) in [5.41, 5.74) is 15.1. The number of benzene rings is 7. The highest BCUT2D eigenvalue weighted by atomic mass is 14.9. The van der Waals surface area contributed by atoms with E-state index in [1.807, 2.05) is 91.0 Å². The third kappa shape index (κ3) is 6.69. The Labute approximate surface area is 321 Å². The predicted octanol–water partition coefficient (Wildman–Crippen LogP) is 11.9. The predicted molar refractivity (Wildman–Crippen MR) is 227 cm³/mol. The number of rotatable bonds is 8. The van der Waals surface area contributed by atoms with Crippen molar-refractivity contribution in [1.29, 1.82) is 5.41 Å². The van der Waals surface area contributed by atoms with E-state index in [-0.39, 0.29) is 0 Å². The molecule has 0 unspecified atom stereocenters. The number of hydrogen-bond donors (Lipinski definition) is 2. The fourth-order valence-electron chi connectivity index (χ4n) is 7.27. The van der Waals surface area contributed by atoms with Gasteiger partial charge in [0, 0.05) is 39.0 Å². The largest absolute Gasteiger partial charge is 0.353 e. The van der Waals surface area contributed by atoms with Crippen LogP contribution in [-0.4, -0.2) is 15.7 Å². The zero-order valence-corrected chi connectivity index (χ0v) is 30.0. The number of hydrogen-bond acceptors (Lipinski definition) is 4. The van der Waals surface area contributed by atoms with Crippen LogP contribution in [0.4, 0.5) is 0 Å². The van der Waals surface area contributed by atoms with E-state index in [2.05, 4.69) is 121 Å². The summed E-state index contributed by atoms with van der Waals surface area (Å²) < 4.78 is 0. The van der Waals surface area contributed by atoms with Gasteiger partial charge in [-0.1, -0.05) is 200 Å². The zero-order chi connectivity index (χ0) is 37.0. The van der Waals surface area contributed by atoms with Gasteiger partial charge < -0.3 is 5.32 Å². The van der Waals surface area contributed by atoms with Gasteiger partial charge in [-0.15, -0.1) is 0 Å². The van der Waals surface area contributed by atoms with E-state index in [0.717, 1.165) is 84.0 Å². The van der Waals surface area contributed by atoms with Gasteiger partial charge in [-0.2, -0.15) is 0 Å². The maximum atomic E-state index is 9.61. The molecule has 7 aromatic carbocycles. The minimum absolute atomic E-state index is 0.457. The molecular weight excluding hydrogens is 669 g/mol. The van der Waals surface area contributed by atoms with Crippen LogP contribution in [0, 0.1) is 5.41 Å². The standard InChI is InChI=1S/C51H36N4/c52-48(39-22-10-3-11-23-39)47(37-20-8-2-9-21-37)50-43-29-17-16-28-42(43)46(49(55-50)40-24-12-4-13-25-40)38-32-30-36(31-33-38)45-34-44(35-18-6-1-7-19-35)53-51(54-45)41-26-14-5-15-27-41/h1-34,52,55H/b50-47-,52-48?. The minimum atomic E-state index is 0.457. The lowest BCUT2D eigenvalue weighted by molar-refractivity contribution is 1.18. The summed E-state index contributed by atoms with van der Waals surface area (Å²) >= 11 is 0. The van der Waals surface area contributed by atoms with Crippen LogP contribution >= 0.6 is 0 Å². The van der Waals surface area contributed by atoms with Crippen molar-refractivity contribution in [3.63, 3.8) is 0 Å². The van der Waals surface area contributed by atoms with E-state index >= 15 is 0 Å². The summed E-state index contributed by atoms with van der Waals surface area (Å²) in [4.78, 5) is 10.1. The maximum Gasteiger partial charge on any atom is 0.160 e. The molecule has 0 amide bonds. The molecule has 0 saturated heterocycles. The second kappa shape index (κ2) is 14.9. The van der Waals surface area contributed by atoms with Gasteiger partial charge in [0.2, 0.25) is 0 Å². The van der Waals surface area contributed by atoms with Crippen LogP contribution in [-0.2, 0) is 0 Å². The number of fused-ring (bicyclic) bond motifs is 1. The molecule has 55 heavy (non-hydrogen) atoms. The fraction of sp³-hybridized carbons (Fsp3) is 0. The molecule has 9 rings (SSSR count). The Balaban J connectivity index is 1.21. The Morgan fingerprint density at radius 3 is 1.42 bits per heavy atom. The molecule has 0 aliphatic carbocycles. The Hall–Kier alpha value is -7.43. The molecule has 260 valence electrons. The Bertz CT molecular complexity index is 2630. The lowest BCUT2D eigenvalue weighted by Crippen LogP contribution is -2.23. The van der Waals surface area contributed by atoms with E-state index in [4.69, 9.17) is 9.97 Å². The number of aromatic nitrogens is 2. The van der Waals surface area contributed by atoms with Crippen molar-refractivity contribution >= 4 is 28.3 Å².